The Labute approximate surface area is 103 Å². The minimum Gasteiger partial charge on any atom is -0.490 e. The lowest BCUT2D eigenvalue weighted by Crippen LogP contribution is -2.31. The number of ether oxygens (including phenoxy) is 1. The van der Waals surface area contributed by atoms with Gasteiger partial charge in [0, 0.05) is 6.04 Å². The van der Waals surface area contributed by atoms with Crippen LogP contribution in [0.15, 0.2) is 24.3 Å². The molecular weight excluding hydrogens is 210 g/mol. The summed E-state index contributed by atoms with van der Waals surface area (Å²) in [5.74, 6) is 1.57. The summed E-state index contributed by atoms with van der Waals surface area (Å²) in [6, 6.07) is 8.96. The summed E-state index contributed by atoms with van der Waals surface area (Å²) >= 11 is 0. The van der Waals surface area contributed by atoms with E-state index in [2.05, 4.69) is 24.3 Å². The zero-order valence-corrected chi connectivity index (χ0v) is 10.3. The van der Waals surface area contributed by atoms with Crippen LogP contribution in [0.2, 0.25) is 0 Å². The molecule has 2 atom stereocenters. The molecule has 3 rings (SSSR count). The van der Waals surface area contributed by atoms with Gasteiger partial charge in [-0.05, 0) is 49.3 Å². The molecule has 0 bridgehead atoms. The predicted molar refractivity (Wildman–Crippen MR) is 69.3 cm³/mol. The van der Waals surface area contributed by atoms with E-state index >= 15 is 0 Å². The Bertz CT molecular complexity index is 369. The fourth-order valence-electron chi connectivity index (χ4n) is 2.75. The Kier molecular flexibility index (Phi) is 3.06. The summed E-state index contributed by atoms with van der Waals surface area (Å²) in [7, 11) is 0. The summed E-state index contributed by atoms with van der Waals surface area (Å²) in [6.07, 6.45) is 7.94. The van der Waals surface area contributed by atoms with E-state index in [9.17, 15) is 0 Å². The minimum absolute atomic E-state index is 0.346. The van der Waals surface area contributed by atoms with Crippen molar-refractivity contribution in [3.8, 4) is 5.75 Å². The van der Waals surface area contributed by atoms with Gasteiger partial charge in [-0.3, -0.25) is 0 Å². The molecule has 2 saturated carbocycles. The minimum atomic E-state index is 0.346. The first-order valence-corrected chi connectivity index (χ1v) is 6.85. The smallest absolute Gasteiger partial charge is 0.119 e. The van der Waals surface area contributed by atoms with E-state index < -0.39 is 0 Å². The van der Waals surface area contributed by atoms with Gasteiger partial charge >= 0.3 is 0 Å². The fraction of sp³-hybridized carbons (Fsp3) is 0.600. The second kappa shape index (κ2) is 4.69. The number of rotatable bonds is 3. The van der Waals surface area contributed by atoms with E-state index in [0.29, 0.717) is 18.1 Å². The van der Waals surface area contributed by atoms with E-state index in [1.54, 1.807) is 0 Å². The maximum atomic E-state index is 6.21. The second-order valence-corrected chi connectivity index (χ2v) is 5.44. The number of benzene rings is 1. The molecule has 1 aromatic carbocycles. The van der Waals surface area contributed by atoms with Crippen LogP contribution in [0.3, 0.4) is 0 Å². The van der Waals surface area contributed by atoms with Gasteiger partial charge in [-0.15, -0.1) is 0 Å². The molecule has 2 aliphatic rings. The molecular formula is C15H21NO. The molecule has 0 aliphatic heterocycles. The Morgan fingerprint density at radius 3 is 2.29 bits per heavy atom. The van der Waals surface area contributed by atoms with Crippen LogP contribution in [0.4, 0.5) is 0 Å². The molecule has 2 nitrogen and oxygen atoms in total. The Balaban J connectivity index is 1.69. The first-order chi connectivity index (χ1) is 8.33. The van der Waals surface area contributed by atoms with Gasteiger partial charge in [0.2, 0.25) is 0 Å². The average Bonchev–Trinajstić information content (AvgIpc) is 3.15. The van der Waals surface area contributed by atoms with Crippen LogP contribution >= 0.6 is 0 Å². The van der Waals surface area contributed by atoms with Gasteiger partial charge in [0.15, 0.2) is 0 Å². The van der Waals surface area contributed by atoms with Crippen molar-refractivity contribution >= 4 is 0 Å². The lowest BCUT2D eigenvalue weighted by Gasteiger charge is -2.29. The summed E-state index contributed by atoms with van der Waals surface area (Å²) in [4.78, 5) is 0. The maximum Gasteiger partial charge on any atom is 0.119 e. The van der Waals surface area contributed by atoms with Gasteiger partial charge < -0.3 is 10.5 Å². The topological polar surface area (TPSA) is 35.2 Å². The van der Waals surface area contributed by atoms with Gasteiger partial charge in [0.1, 0.15) is 5.75 Å². The third-order valence-corrected chi connectivity index (χ3v) is 3.95. The molecule has 2 fully saturated rings. The Morgan fingerprint density at radius 1 is 0.941 bits per heavy atom. The van der Waals surface area contributed by atoms with Crippen molar-refractivity contribution in [2.24, 2.45) is 5.73 Å². The van der Waals surface area contributed by atoms with E-state index in [1.165, 1.54) is 44.1 Å². The van der Waals surface area contributed by atoms with E-state index in [4.69, 9.17) is 10.5 Å². The van der Waals surface area contributed by atoms with E-state index in [0.717, 1.165) is 5.75 Å². The predicted octanol–water partition coefficient (Wildman–Crippen LogP) is 3.21. The highest BCUT2D eigenvalue weighted by atomic mass is 16.5. The van der Waals surface area contributed by atoms with Crippen LogP contribution < -0.4 is 10.5 Å². The standard InChI is InChI=1S/C15H21NO/c16-15-4-2-1-3-14(15)11-5-7-12(8-6-11)17-13-9-10-13/h5-8,13-15H,1-4,9-10,16H2. The Morgan fingerprint density at radius 2 is 1.65 bits per heavy atom. The van der Waals surface area contributed by atoms with Crippen LogP contribution in [0.25, 0.3) is 0 Å². The largest absolute Gasteiger partial charge is 0.490 e. The molecule has 0 radical (unpaired) electrons. The van der Waals surface area contributed by atoms with Crippen molar-refractivity contribution in [1.29, 1.82) is 0 Å². The van der Waals surface area contributed by atoms with Crippen molar-refractivity contribution in [3.05, 3.63) is 29.8 Å². The molecule has 0 amide bonds. The normalized spacial score (nSPS) is 29.0. The summed E-state index contributed by atoms with van der Waals surface area (Å²) in [5.41, 5.74) is 7.60. The average molecular weight is 231 g/mol. The second-order valence-electron chi connectivity index (χ2n) is 5.44. The zero-order valence-electron chi connectivity index (χ0n) is 10.3. The van der Waals surface area contributed by atoms with Crippen LogP contribution in [0.1, 0.15) is 50.0 Å². The molecule has 2 N–H and O–H groups in total. The highest BCUT2D eigenvalue weighted by Crippen LogP contribution is 2.33. The molecule has 92 valence electrons. The first-order valence-electron chi connectivity index (χ1n) is 6.85. The van der Waals surface area contributed by atoms with Crippen LogP contribution in [0.5, 0.6) is 5.75 Å². The number of hydrogen-bond donors (Lipinski definition) is 1. The number of nitrogens with two attached hydrogens (primary N) is 1. The number of hydrogen-bond acceptors (Lipinski definition) is 2. The fourth-order valence-corrected chi connectivity index (χ4v) is 2.75. The van der Waals surface area contributed by atoms with Crippen LogP contribution in [-0.4, -0.2) is 12.1 Å². The quantitative estimate of drug-likeness (QED) is 0.867. The third kappa shape index (κ3) is 2.63. The lowest BCUT2D eigenvalue weighted by molar-refractivity contribution is 0.303. The summed E-state index contributed by atoms with van der Waals surface area (Å²) < 4.78 is 5.76. The van der Waals surface area contributed by atoms with Gasteiger partial charge in [0.25, 0.3) is 0 Å². The van der Waals surface area contributed by atoms with Crippen LogP contribution in [0, 0.1) is 0 Å². The maximum absolute atomic E-state index is 6.21. The molecule has 0 aromatic heterocycles. The van der Waals surface area contributed by atoms with E-state index in [1.807, 2.05) is 0 Å². The van der Waals surface area contributed by atoms with Crippen molar-refractivity contribution in [3.63, 3.8) is 0 Å². The van der Waals surface area contributed by atoms with Gasteiger partial charge in [-0.2, -0.15) is 0 Å². The molecule has 17 heavy (non-hydrogen) atoms. The van der Waals surface area contributed by atoms with Gasteiger partial charge in [-0.1, -0.05) is 25.0 Å². The molecule has 0 heterocycles. The van der Waals surface area contributed by atoms with Crippen molar-refractivity contribution < 1.29 is 4.74 Å². The molecule has 2 unspecified atom stereocenters. The van der Waals surface area contributed by atoms with Crippen molar-refractivity contribution in [2.45, 2.75) is 56.6 Å². The van der Waals surface area contributed by atoms with E-state index in [-0.39, 0.29) is 0 Å². The lowest BCUT2D eigenvalue weighted by atomic mass is 9.80. The van der Waals surface area contributed by atoms with Crippen LogP contribution in [-0.2, 0) is 0 Å². The summed E-state index contributed by atoms with van der Waals surface area (Å²) in [6.45, 7) is 0. The van der Waals surface area contributed by atoms with Crippen molar-refractivity contribution in [1.82, 2.24) is 0 Å². The molecule has 0 saturated heterocycles. The summed E-state index contributed by atoms with van der Waals surface area (Å²) in [5, 5.41) is 0. The molecule has 2 heteroatoms. The SMILES string of the molecule is NC1CCCCC1c1ccc(OC2CC2)cc1. The molecule has 2 aliphatic carbocycles. The molecule has 0 spiro atoms. The Hall–Kier alpha value is -1.02. The third-order valence-electron chi connectivity index (χ3n) is 3.95. The van der Waals surface area contributed by atoms with Crippen molar-refractivity contribution in [2.75, 3.05) is 0 Å². The first kappa shape index (κ1) is 11.1. The van der Waals surface area contributed by atoms with Gasteiger partial charge in [0.05, 0.1) is 6.10 Å². The molecule has 1 aromatic rings. The monoisotopic (exact) mass is 231 g/mol. The highest BCUT2D eigenvalue weighted by molar-refractivity contribution is 5.31. The highest BCUT2D eigenvalue weighted by Gasteiger charge is 2.25. The zero-order chi connectivity index (χ0) is 11.7. The van der Waals surface area contributed by atoms with Gasteiger partial charge in [-0.25, -0.2) is 0 Å².